The van der Waals surface area contributed by atoms with Crippen LogP contribution in [-0.2, 0) is 9.53 Å². The van der Waals surface area contributed by atoms with Crippen molar-refractivity contribution in [2.75, 3.05) is 31.7 Å². The molecule has 5 nitrogen and oxygen atoms in total. The summed E-state index contributed by atoms with van der Waals surface area (Å²) in [5.41, 5.74) is 0.814. The standard InChI is InChI=1S/C12H17N3O2/c1-15(11-3-2-4-13-8-11)12(16)7-10-9-17-6-5-14-10/h2-4,8,10,14H,5-7,9H2,1H3. The van der Waals surface area contributed by atoms with Crippen LogP contribution in [0.25, 0.3) is 0 Å². The van der Waals surface area contributed by atoms with Crippen LogP contribution < -0.4 is 10.2 Å². The first kappa shape index (κ1) is 12.0. The van der Waals surface area contributed by atoms with Gasteiger partial charge >= 0.3 is 0 Å². The molecular formula is C12H17N3O2. The molecule has 2 rings (SSSR count). The molecule has 0 radical (unpaired) electrons. The van der Waals surface area contributed by atoms with E-state index in [0.717, 1.165) is 18.8 Å². The molecule has 1 aliphatic heterocycles. The van der Waals surface area contributed by atoms with Crippen LogP contribution in [0.5, 0.6) is 0 Å². The van der Waals surface area contributed by atoms with Crippen molar-refractivity contribution in [2.45, 2.75) is 12.5 Å². The molecule has 0 aliphatic carbocycles. The summed E-state index contributed by atoms with van der Waals surface area (Å²) in [6, 6.07) is 3.81. The minimum atomic E-state index is 0.0704. The van der Waals surface area contributed by atoms with Crippen LogP contribution in [0.3, 0.4) is 0 Å². The molecule has 1 aromatic heterocycles. The molecule has 92 valence electrons. The Kier molecular flexibility index (Phi) is 4.06. The molecule has 1 N–H and O–H groups in total. The second-order valence-corrected chi connectivity index (χ2v) is 4.09. The third kappa shape index (κ3) is 3.25. The van der Waals surface area contributed by atoms with Crippen molar-refractivity contribution in [3.63, 3.8) is 0 Å². The van der Waals surface area contributed by atoms with Crippen LogP contribution in [0, 0.1) is 0 Å². The Labute approximate surface area is 101 Å². The Hall–Kier alpha value is -1.46. The summed E-state index contributed by atoms with van der Waals surface area (Å²) in [6.07, 6.45) is 3.83. The number of aromatic nitrogens is 1. The largest absolute Gasteiger partial charge is 0.378 e. The molecule has 0 bridgehead atoms. The third-order valence-electron chi connectivity index (χ3n) is 2.83. The fraction of sp³-hybridized carbons (Fsp3) is 0.500. The van der Waals surface area contributed by atoms with Crippen molar-refractivity contribution < 1.29 is 9.53 Å². The van der Waals surface area contributed by atoms with Crippen molar-refractivity contribution in [1.82, 2.24) is 10.3 Å². The molecule has 1 saturated heterocycles. The van der Waals surface area contributed by atoms with E-state index < -0.39 is 0 Å². The molecule has 1 aromatic rings. The summed E-state index contributed by atoms with van der Waals surface area (Å²) in [6.45, 7) is 2.14. The molecule has 1 unspecified atom stereocenters. The summed E-state index contributed by atoms with van der Waals surface area (Å²) < 4.78 is 5.32. The number of nitrogens with zero attached hydrogens (tertiary/aromatic N) is 2. The van der Waals surface area contributed by atoms with E-state index in [2.05, 4.69) is 10.3 Å². The molecule has 1 fully saturated rings. The summed E-state index contributed by atoms with van der Waals surface area (Å²) in [7, 11) is 1.77. The van der Waals surface area contributed by atoms with Crippen LogP contribution in [0.2, 0.25) is 0 Å². The number of rotatable bonds is 3. The van der Waals surface area contributed by atoms with Crippen molar-refractivity contribution in [3.05, 3.63) is 24.5 Å². The van der Waals surface area contributed by atoms with Gasteiger partial charge < -0.3 is 15.0 Å². The Bertz CT molecular complexity index is 363. The van der Waals surface area contributed by atoms with Crippen LogP contribution >= 0.6 is 0 Å². The van der Waals surface area contributed by atoms with E-state index >= 15 is 0 Å². The normalized spacial score (nSPS) is 19.9. The zero-order valence-corrected chi connectivity index (χ0v) is 9.93. The predicted molar refractivity (Wildman–Crippen MR) is 64.9 cm³/mol. The summed E-state index contributed by atoms with van der Waals surface area (Å²) >= 11 is 0. The molecule has 0 aromatic carbocycles. The van der Waals surface area contributed by atoms with Gasteiger partial charge in [0.05, 0.1) is 25.1 Å². The summed E-state index contributed by atoms with van der Waals surface area (Å²) in [5, 5.41) is 3.27. The maximum absolute atomic E-state index is 12.0. The van der Waals surface area contributed by atoms with Gasteiger partial charge in [0.2, 0.25) is 5.91 Å². The Morgan fingerprint density at radius 1 is 1.71 bits per heavy atom. The van der Waals surface area contributed by atoms with E-state index in [9.17, 15) is 4.79 Å². The average Bonchev–Trinajstić information content (AvgIpc) is 2.40. The van der Waals surface area contributed by atoms with Gasteiger partial charge in [-0.15, -0.1) is 0 Å². The second kappa shape index (κ2) is 5.75. The smallest absolute Gasteiger partial charge is 0.228 e. The number of anilines is 1. The lowest BCUT2D eigenvalue weighted by molar-refractivity contribution is -0.119. The Morgan fingerprint density at radius 3 is 3.24 bits per heavy atom. The highest BCUT2D eigenvalue weighted by atomic mass is 16.5. The maximum Gasteiger partial charge on any atom is 0.228 e. The molecular weight excluding hydrogens is 218 g/mol. The zero-order valence-electron chi connectivity index (χ0n) is 9.93. The minimum Gasteiger partial charge on any atom is -0.378 e. The highest BCUT2D eigenvalue weighted by Gasteiger charge is 2.19. The van der Waals surface area contributed by atoms with Crippen molar-refractivity contribution in [1.29, 1.82) is 0 Å². The van der Waals surface area contributed by atoms with Gasteiger partial charge in [0.1, 0.15) is 0 Å². The van der Waals surface area contributed by atoms with Gasteiger partial charge in [-0.3, -0.25) is 9.78 Å². The van der Waals surface area contributed by atoms with Crippen molar-refractivity contribution in [2.24, 2.45) is 0 Å². The van der Waals surface area contributed by atoms with E-state index in [4.69, 9.17) is 4.74 Å². The second-order valence-electron chi connectivity index (χ2n) is 4.09. The lowest BCUT2D eigenvalue weighted by Crippen LogP contribution is -2.44. The lowest BCUT2D eigenvalue weighted by Gasteiger charge is -2.25. The number of carbonyl (C=O) groups is 1. The number of hydrogen-bond donors (Lipinski definition) is 1. The van der Waals surface area contributed by atoms with Gasteiger partial charge in [0.15, 0.2) is 0 Å². The number of pyridine rings is 1. The van der Waals surface area contributed by atoms with E-state index in [1.165, 1.54) is 0 Å². The van der Waals surface area contributed by atoms with Gasteiger partial charge in [-0.05, 0) is 12.1 Å². The molecule has 17 heavy (non-hydrogen) atoms. The first-order valence-electron chi connectivity index (χ1n) is 5.75. The summed E-state index contributed by atoms with van der Waals surface area (Å²) in [4.78, 5) is 17.6. The zero-order chi connectivity index (χ0) is 12.1. The van der Waals surface area contributed by atoms with Crippen molar-refractivity contribution in [3.8, 4) is 0 Å². The highest BCUT2D eigenvalue weighted by molar-refractivity contribution is 5.92. The average molecular weight is 235 g/mol. The first-order valence-corrected chi connectivity index (χ1v) is 5.75. The van der Waals surface area contributed by atoms with Gasteiger partial charge in [-0.2, -0.15) is 0 Å². The molecule has 2 heterocycles. The van der Waals surface area contributed by atoms with Gasteiger partial charge in [0, 0.05) is 32.3 Å². The number of nitrogens with one attached hydrogen (secondary N) is 1. The fourth-order valence-electron chi connectivity index (χ4n) is 1.79. The number of ether oxygens (including phenoxy) is 1. The lowest BCUT2D eigenvalue weighted by atomic mass is 10.2. The SMILES string of the molecule is CN(C(=O)CC1COCCN1)c1cccnc1. The monoisotopic (exact) mass is 235 g/mol. The maximum atomic E-state index is 12.0. The number of carbonyl (C=O) groups excluding carboxylic acids is 1. The van der Waals surface area contributed by atoms with Crippen LogP contribution in [0.1, 0.15) is 6.42 Å². The summed E-state index contributed by atoms with van der Waals surface area (Å²) in [5.74, 6) is 0.0704. The third-order valence-corrected chi connectivity index (χ3v) is 2.83. The van der Waals surface area contributed by atoms with Gasteiger partial charge in [-0.1, -0.05) is 0 Å². The molecule has 1 amide bonds. The Morgan fingerprint density at radius 2 is 2.59 bits per heavy atom. The quantitative estimate of drug-likeness (QED) is 0.825. The predicted octanol–water partition coefficient (Wildman–Crippen LogP) is 0.423. The van der Waals surface area contributed by atoms with Gasteiger partial charge in [-0.25, -0.2) is 0 Å². The van der Waals surface area contributed by atoms with E-state index in [1.807, 2.05) is 12.1 Å². The molecule has 1 aliphatic rings. The van der Waals surface area contributed by atoms with Gasteiger partial charge in [0.25, 0.3) is 0 Å². The number of hydrogen-bond acceptors (Lipinski definition) is 4. The number of morpholine rings is 1. The molecule has 5 heteroatoms. The molecule has 1 atom stereocenters. The number of amides is 1. The highest BCUT2D eigenvalue weighted by Crippen LogP contribution is 2.11. The van der Waals surface area contributed by atoms with E-state index in [1.54, 1.807) is 24.3 Å². The van der Waals surface area contributed by atoms with Crippen LogP contribution in [0.15, 0.2) is 24.5 Å². The minimum absolute atomic E-state index is 0.0704. The van der Waals surface area contributed by atoms with Crippen LogP contribution in [0.4, 0.5) is 5.69 Å². The topological polar surface area (TPSA) is 54.5 Å². The van der Waals surface area contributed by atoms with Crippen molar-refractivity contribution >= 4 is 11.6 Å². The van der Waals surface area contributed by atoms with E-state index in [-0.39, 0.29) is 11.9 Å². The van der Waals surface area contributed by atoms with Crippen LogP contribution in [-0.4, -0.2) is 43.7 Å². The first-order chi connectivity index (χ1) is 8.27. The molecule has 0 saturated carbocycles. The fourth-order valence-corrected chi connectivity index (χ4v) is 1.79. The Balaban J connectivity index is 1.91. The molecule has 0 spiro atoms. The van der Waals surface area contributed by atoms with E-state index in [0.29, 0.717) is 13.0 Å².